The molecule has 0 bridgehead atoms. The Bertz CT molecular complexity index is 595. The van der Waals surface area contributed by atoms with Crippen LogP contribution in [0.2, 0.25) is 0 Å². The van der Waals surface area contributed by atoms with Gasteiger partial charge in [-0.15, -0.1) is 0 Å². The Morgan fingerprint density at radius 2 is 1.90 bits per heavy atom. The van der Waals surface area contributed by atoms with Crippen molar-refractivity contribution in [3.8, 4) is 0 Å². The smallest absolute Gasteiger partial charge is 0.123 e. The molecule has 1 aliphatic rings. The fourth-order valence-electron chi connectivity index (χ4n) is 3.15. The first kappa shape index (κ1) is 14.3. The van der Waals surface area contributed by atoms with Gasteiger partial charge >= 0.3 is 0 Å². The summed E-state index contributed by atoms with van der Waals surface area (Å²) in [5, 5.41) is 4.68. The number of benzene rings is 1. The summed E-state index contributed by atoms with van der Waals surface area (Å²) in [5.41, 5.74) is 7.80. The minimum absolute atomic E-state index is 0.236. The number of nitrogens with two attached hydrogens (primary N) is 1. The van der Waals surface area contributed by atoms with E-state index in [4.69, 9.17) is 5.73 Å². The predicted octanol–water partition coefficient (Wildman–Crippen LogP) is 3.55. The molecule has 0 saturated heterocycles. The molecule has 3 nitrogen and oxygen atoms in total. The van der Waals surface area contributed by atoms with Crippen molar-refractivity contribution in [2.45, 2.75) is 50.6 Å². The molecule has 0 amide bonds. The van der Waals surface area contributed by atoms with E-state index in [1.54, 1.807) is 12.1 Å². The second kappa shape index (κ2) is 5.60. The molecule has 1 atom stereocenters. The van der Waals surface area contributed by atoms with Crippen LogP contribution >= 0.6 is 0 Å². The van der Waals surface area contributed by atoms with Crippen LogP contribution in [-0.2, 0) is 12.0 Å². The zero-order valence-electron chi connectivity index (χ0n) is 12.4. The van der Waals surface area contributed by atoms with Crippen LogP contribution in [0.4, 0.5) is 4.39 Å². The second-order valence-electron chi connectivity index (χ2n) is 6.33. The monoisotopic (exact) mass is 287 g/mol. The molecule has 2 aromatic rings. The lowest BCUT2D eigenvalue weighted by atomic mass is 9.88. The minimum atomic E-state index is -0.539. The van der Waals surface area contributed by atoms with Crippen LogP contribution in [0.1, 0.15) is 49.9 Å². The largest absolute Gasteiger partial charge is 0.321 e. The zero-order chi connectivity index (χ0) is 14.9. The van der Waals surface area contributed by atoms with E-state index in [9.17, 15) is 4.39 Å². The predicted molar refractivity (Wildman–Crippen MR) is 81.4 cm³/mol. The van der Waals surface area contributed by atoms with Gasteiger partial charge in [0.1, 0.15) is 5.82 Å². The van der Waals surface area contributed by atoms with E-state index < -0.39 is 5.54 Å². The lowest BCUT2D eigenvalue weighted by Gasteiger charge is -2.24. The normalized spacial score (nSPS) is 18.8. The maximum atomic E-state index is 13.0. The van der Waals surface area contributed by atoms with Crippen molar-refractivity contribution < 1.29 is 4.39 Å². The van der Waals surface area contributed by atoms with Crippen molar-refractivity contribution >= 4 is 0 Å². The third-order valence-corrected chi connectivity index (χ3v) is 4.41. The molecular formula is C17H22FN3. The van der Waals surface area contributed by atoms with Crippen LogP contribution in [0.3, 0.4) is 0 Å². The molecule has 1 unspecified atom stereocenters. The van der Waals surface area contributed by atoms with Gasteiger partial charge in [0.15, 0.2) is 0 Å². The summed E-state index contributed by atoms with van der Waals surface area (Å²) in [5.74, 6) is -0.236. The Morgan fingerprint density at radius 1 is 1.24 bits per heavy atom. The van der Waals surface area contributed by atoms with Gasteiger partial charge in [-0.1, -0.05) is 25.0 Å². The highest BCUT2D eigenvalue weighted by molar-refractivity contribution is 5.25. The van der Waals surface area contributed by atoms with Crippen LogP contribution in [0, 0.1) is 5.82 Å². The molecule has 1 fully saturated rings. The van der Waals surface area contributed by atoms with Gasteiger partial charge in [-0.2, -0.15) is 5.10 Å². The molecule has 112 valence electrons. The third kappa shape index (κ3) is 3.16. The van der Waals surface area contributed by atoms with Gasteiger partial charge in [-0.3, -0.25) is 4.68 Å². The molecule has 1 aliphatic carbocycles. The van der Waals surface area contributed by atoms with Crippen molar-refractivity contribution in [2.75, 3.05) is 0 Å². The number of rotatable bonds is 4. The molecule has 0 radical (unpaired) electrons. The van der Waals surface area contributed by atoms with Gasteiger partial charge in [0.2, 0.25) is 0 Å². The highest BCUT2D eigenvalue weighted by Gasteiger charge is 2.24. The maximum Gasteiger partial charge on any atom is 0.123 e. The molecule has 0 aliphatic heterocycles. The summed E-state index contributed by atoms with van der Waals surface area (Å²) < 4.78 is 15.1. The van der Waals surface area contributed by atoms with E-state index in [2.05, 4.69) is 16.0 Å². The van der Waals surface area contributed by atoms with Crippen molar-refractivity contribution in [2.24, 2.45) is 5.73 Å². The van der Waals surface area contributed by atoms with E-state index in [1.807, 2.05) is 13.0 Å². The Labute approximate surface area is 125 Å². The molecule has 1 aromatic carbocycles. The summed E-state index contributed by atoms with van der Waals surface area (Å²) in [6.07, 6.45) is 7.75. The first-order chi connectivity index (χ1) is 10.0. The molecule has 1 heterocycles. The van der Waals surface area contributed by atoms with Crippen LogP contribution < -0.4 is 5.73 Å². The highest BCUT2D eigenvalue weighted by atomic mass is 19.1. The quantitative estimate of drug-likeness (QED) is 0.934. The lowest BCUT2D eigenvalue weighted by molar-refractivity contribution is 0.445. The van der Waals surface area contributed by atoms with Crippen LogP contribution in [0.5, 0.6) is 0 Å². The number of aromatic nitrogens is 2. The van der Waals surface area contributed by atoms with Crippen LogP contribution in [0.15, 0.2) is 36.5 Å². The minimum Gasteiger partial charge on any atom is -0.321 e. The van der Waals surface area contributed by atoms with Gasteiger partial charge in [-0.25, -0.2) is 4.39 Å². The average molecular weight is 287 g/mol. The second-order valence-corrected chi connectivity index (χ2v) is 6.33. The summed E-state index contributed by atoms with van der Waals surface area (Å²) >= 11 is 0. The molecule has 3 rings (SSSR count). The molecule has 21 heavy (non-hydrogen) atoms. The first-order valence-electron chi connectivity index (χ1n) is 7.63. The Morgan fingerprint density at radius 3 is 2.57 bits per heavy atom. The Hall–Kier alpha value is -1.68. The van der Waals surface area contributed by atoms with Crippen molar-refractivity contribution in [3.05, 3.63) is 53.6 Å². The number of nitrogens with zero attached hydrogens (tertiary/aromatic N) is 2. The van der Waals surface area contributed by atoms with Gasteiger partial charge in [-0.05, 0) is 43.5 Å². The standard InChI is InChI=1S/C17H22FN3/c1-17(19,13-6-8-14(18)9-7-13)12-15-10-11-21(20-15)16-4-2-3-5-16/h6-11,16H,2-5,12,19H2,1H3. The number of hydrogen-bond donors (Lipinski definition) is 1. The summed E-state index contributed by atoms with van der Waals surface area (Å²) in [7, 11) is 0. The van der Waals surface area contributed by atoms with E-state index >= 15 is 0 Å². The van der Waals surface area contributed by atoms with E-state index in [1.165, 1.54) is 37.8 Å². The van der Waals surface area contributed by atoms with Gasteiger partial charge in [0, 0.05) is 18.2 Å². The lowest BCUT2D eigenvalue weighted by Crippen LogP contribution is -2.35. The summed E-state index contributed by atoms with van der Waals surface area (Å²) in [6, 6.07) is 9.02. The highest BCUT2D eigenvalue weighted by Crippen LogP contribution is 2.29. The van der Waals surface area contributed by atoms with Crippen LogP contribution in [0.25, 0.3) is 0 Å². The Balaban J connectivity index is 1.74. The fourth-order valence-corrected chi connectivity index (χ4v) is 3.15. The summed E-state index contributed by atoms with van der Waals surface area (Å²) in [4.78, 5) is 0. The van der Waals surface area contributed by atoms with E-state index in [0.29, 0.717) is 12.5 Å². The van der Waals surface area contributed by atoms with Crippen molar-refractivity contribution in [3.63, 3.8) is 0 Å². The van der Waals surface area contributed by atoms with Crippen molar-refractivity contribution in [1.29, 1.82) is 0 Å². The van der Waals surface area contributed by atoms with E-state index in [-0.39, 0.29) is 5.82 Å². The molecule has 2 N–H and O–H groups in total. The molecule has 0 spiro atoms. The Kier molecular flexibility index (Phi) is 3.81. The van der Waals surface area contributed by atoms with Gasteiger partial charge < -0.3 is 5.73 Å². The number of hydrogen-bond acceptors (Lipinski definition) is 2. The molecular weight excluding hydrogens is 265 g/mol. The molecule has 1 aromatic heterocycles. The average Bonchev–Trinajstić information content (AvgIpc) is 3.09. The van der Waals surface area contributed by atoms with Gasteiger partial charge in [0.05, 0.1) is 11.7 Å². The number of halogens is 1. The van der Waals surface area contributed by atoms with E-state index in [0.717, 1.165) is 11.3 Å². The van der Waals surface area contributed by atoms with Crippen LogP contribution in [-0.4, -0.2) is 9.78 Å². The molecule has 1 saturated carbocycles. The SMILES string of the molecule is CC(N)(Cc1ccn(C2CCCC2)n1)c1ccc(F)cc1. The summed E-state index contributed by atoms with van der Waals surface area (Å²) in [6.45, 7) is 1.97. The third-order valence-electron chi connectivity index (χ3n) is 4.41. The maximum absolute atomic E-state index is 13.0. The first-order valence-corrected chi connectivity index (χ1v) is 7.63. The topological polar surface area (TPSA) is 43.8 Å². The molecule has 4 heteroatoms. The zero-order valence-corrected chi connectivity index (χ0v) is 12.4. The fraction of sp³-hybridized carbons (Fsp3) is 0.471. The van der Waals surface area contributed by atoms with Gasteiger partial charge in [0.25, 0.3) is 0 Å². The van der Waals surface area contributed by atoms with Crippen molar-refractivity contribution in [1.82, 2.24) is 9.78 Å².